The Hall–Kier alpha value is -2.74. The molecule has 132 valence electrons. The van der Waals surface area contributed by atoms with Crippen LogP contribution in [0.1, 0.15) is 40.0 Å². The van der Waals surface area contributed by atoms with Gasteiger partial charge in [0.05, 0.1) is 11.1 Å². The van der Waals surface area contributed by atoms with Gasteiger partial charge in [0.15, 0.2) is 0 Å². The van der Waals surface area contributed by atoms with Crippen molar-refractivity contribution in [2.75, 3.05) is 26.0 Å². The lowest BCUT2D eigenvalue weighted by molar-refractivity contribution is -0.151. The first kappa shape index (κ1) is 17.1. The summed E-state index contributed by atoms with van der Waals surface area (Å²) in [6.45, 7) is 0.610. The topological polar surface area (TPSA) is 110 Å². The number of carbonyl (C=O) groups is 4. The van der Waals surface area contributed by atoms with Crippen LogP contribution in [0, 0.1) is 0 Å². The Kier molecular flexibility index (Phi) is 4.54. The molecule has 25 heavy (non-hydrogen) atoms. The van der Waals surface area contributed by atoms with E-state index >= 15 is 0 Å². The fourth-order valence-electron chi connectivity index (χ4n) is 3.28. The van der Waals surface area contributed by atoms with E-state index in [1.807, 2.05) is 0 Å². The molecule has 0 radical (unpaired) electrons. The number of imide groups is 2. The number of nitrogens with two attached hydrogens (primary N) is 1. The molecule has 2 N–H and O–H groups in total. The van der Waals surface area contributed by atoms with E-state index in [2.05, 4.69) is 0 Å². The number of anilines is 1. The van der Waals surface area contributed by atoms with E-state index in [0.717, 1.165) is 9.80 Å². The molecule has 2 heterocycles. The molecule has 1 saturated heterocycles. The average molecular weight is 345 g/mol. The van der Waals surface area contributed by atoms with Crippen molar-refractivity contribution < 1.29 is 23.9 Å². The highest BCUT2D eigenvalue weighted by Crippen LogP contribution is 2.32. The molecule has 1 fully saturated rings. The number of hydrogen-bond donors (Lipinski definition) is 1. The first-order chi connectivity index (χ1) is 12.0. The van der Waals surface area contributed by atoms with E-state index in [0.29, 0.717) is 13.0 Å². The van der Waals surface area contributed by atoms with Crippen LogP contribution in [0.15, 0.2) is 18.2 Å². The molecule has 0 spiro atoms. The van der Waals surface area contributed by atoms with Gasteiger partial charge in [-0.15, -0.1) is 0 Å². The summed E-state index contributed by atoms with van der Waals surface area (Å²) in [6, 6.07) is 3.66. The summed E-state index contributed by atoms with van der Waals surface area (Å²) in [5, 5.41) is 0. The van der Waals surface area contributed by atoms with Gasteiger partial charge in [0.2, 0.25) is 5.91 Å². The Balaban J connectivity index is 1.86. The molecular weight excluding hydrogens is 326 g/mol. The van der Waals surface area contributed by atoms with Gasteiger partial charge in [-0.3, -0.25) is 29.0 Å². The van der Waals surface area contributed by atoms with Crippen molar-refractivity contribution in [2.24, 2.45) is 0 Å². The summed E-state index contributed by atoms with van der Waals surface area (Å²) in [6.07, 6.45) is 0.728. The Morgan fingerprint density at radius 2 is 1.96 bits per heavy atom. The molecule has 0 aliphatic carbocycles. The largest absolute Gasteiger partial charge is 0.398 e. The minimum Gasteiger partial charge on any atom is -0.398 e. The van der Waals surface area contributed by atoms with Crippen molar-refractivity contribution in [1.82, 2.24) is 9.80 Å². The Morgan fingerprint density at radius 1 is 1.20 bits per heavy atom. The molecule has 4 amide bonds. The smallest absolute Gasteiger partial charge is 0.264 e. The molecule has 2 aliphatic heterocycles. The highest BCUT2D eigenvalue weighted by Gasteiger charge is 2.47. The van der Waals surface area contributed by atoms with E-state index in [1.54, 1.807) is 6.07 Å². The van der Waals surface area contributed by atoms with Crippen LogP contribution in [-0.2, 0) is 14.3 Å². The second-order valence-electron chi connectivity index (χ2n) is 6.03. The monoisotopic (exact) mass is 345 g/mol. The van der Waals surface area contributed by atoms with Crippen LogP contribution in [0.25, 0.3) is 0 Å². The molecule has 3 rings (SSSR count). The number of rotatable bonds is 5. The molecule has 2 aliphatic rings. The minimum atomic E-state index is -0.980. The van der Waals surface area contributed by atoms with Crippen molar-refractivity contribution in [3.05, 3.63) is 29.3 Å². The number of ether oxygens (including phenoxy) is 1. The van der Waals surface area contributed by atoms with E-state index in [1.165, 1.54) is 19.2 Å². The molecule has 8 nitrogen and oxygen atoms in total. The van der Waals surface area contributed by atoms with Crippen molar-refractivity contribution in [3.63, 3.8) is 0 Å². The number of amides is 4. The van der Waals surface area contributed by atoms with Gasteiger partial charge >= 0.3 is 0 Å². The lowest BCUT2D eigenvalue weighted by atomic mass is 10.0. The van der Waals surface area contributed by atoms with Gasteiger partial charge in [-0.1, -0.05) is 6.07 Å². The molecule has 1 aromatic carbocycles. The molecule has 0 saturated carbocycles. The zero-order chi connectivity index (χ0) is 18.1. The Bertz CT molecular complexity index is 761. The van der Waals surface area contributed by atoms with Gasteiger partial charge in [0, 0.05) is 32.4 Å². The molecule has 0 bridgehead atoms. The summed E-state index contributed by atoms with van der Waals surface area (Å²) in [4.78, 5) is 52.1. The number of nitrogens with zero attached hydrogens (tertiary/aromatic N) is 2. The van der Waals surface area contributed by atoms with Gasteiger partial charge < -0.3 is 10.5 Å². The maximum absolute atomic E-state index is 12.7. The van der Waals surface area contributed by atoms with Gasteiger partial charge in [-0.25, -0.2) is 0 Å². The van der Waals surface area contributed by atoms with Crippen molar-refractivity contribution >= 4 is 29.3 Å². The van der Waals surface area contributed by atoms with Crippen LogP contribution in [-0.4, -0.2) is 59.7 Å². The Morgan fingerprint density at radius 3 is 2.64 bits per heavy atom. The summed E-state index contributed by atoms with van der Waals surface area (Å²) in [5.41, 5.74) is 6.34. The fourth-order valence-corrected chi connectivity index (χ4v) is 3.28. The third kappa shape index (κ3) is 2.78. The normalized spacial score (nSPS) is 20.4. The summed E-state index contributed by atoms with van der Waals surface area (Å²) in [5.74, 6) is -1.95. The number of carbonyl (C=O) groups excluding carboxylic acids is 4. The zero-order valence-corrected chi connectivity index (χ0v) is 13.9. The van der Waals surface area contributed by atoms with Crippen molar-refractivity contribution in [1.29, 1.82) is 0 Å². The second kappa shape index (κ2) is 6.64. The van der Waals surface area contributed by atoms with Crippen molar-refractivity contribution in [2.45, 2.75) is 25.3 Å². The third-order valence-corrected chi connectivity index (χ3v) is 4.50. The van der Waals surface area contributed by atoms with Crippen LogP contribution in [0.3, 0.4) is 0 Å². The molecule has 1 unspecified atom stereocenters. The fraction of sp³-hybridized carbons (Fsp3) is 0.412. The molecule has 1 atom stereocenters. The SMILES string of the molecule is COCCCN1C(=O)CCC(N2C(=O)c3cccc(N)c3C2=O)C1=O. The van der Waals surface area contributed by atoms with E-state index < -0.39 is 23.8 Å². The number of piperidine rings is 1. The maximum atomic E-state index is 12.7. The standard InChI is InChI=1S/C17H19N3O5/c1-25-9-3-8-19-13(21)7-6-12(16(19)23)20-15(22)10-4-2-5-11(18)14(10)17(20)24/h2,4-5,12H,3,6-9,18H2,1H3. The second-order valence-corrected chi connectivity index (χ2v) is 6.03. The van der Waals surface area contributed by atoms with Gasteiger partial charge in [0.1, 0.15) is 6.04 Å². The quantitative estimate of drug-likeness (QED) is 0.470. The van der Waals surface area contributed by atoms with E-state index in [4.69, 9.17) is 10.5 Å². The first-order valence-corrected chi connectivity index (χ1v) is 8.07. The summed E-state index contributed by atoms with van der Waals surface area (Å²) >= 11 is 0. The molecule has 1 aromatic rings. The number of benzene rings is 1. The number of likely N-dealkylation sites (tertiary alicyclic amines) is 1. The maximum Gasteiger partial charge on any atom is 0.264 e. The van der Waals surface area contributed by atoms with Gasteiger partial charge in [0.25, 0.3) is 17.7 Å². The lowest BCUT2D eigenvalue weighted by Gasteiger charge is -2.34. The first-order valence-electron chi connectivity index (χ1n) is 8.07. The predicted molar refractivity (Wildman–Crippen MR) is 87.6 cm³/mol. The number of nitrogen functional groups attached to an aromatic ring is 1. The molecule has 8 heteroatoms. The number of fused-ring (bicyclic) bond motifs is 1. The molecular formula is C17H19N3O5. The minimum absolute atomic E-state index is 0.103. The lowest BCUT2D eigenvalue weighted by Crippen LogP contribution is -2.56. The third-order valence-electron chi connectivity index (χ3n) is 4.50. The Labute approximate surface area is 144 Å². The number of hydrogen-bond acceptors (Lipinski definition) is 6. The van der Waals surface area contributed by atoms with Crippen molar-refractivity contribution in [3.8, 4) is 0 Å². The van der Waals surface area contributed by atoms with Crippen LogP contribution >= 0.6 is 0 Å². The zero-order valence-electron chi connectivity index (χ0n) is 13.9. The van der Waals surface area contributed by atoms with Crippen LogP contribution in [0.2, 0.25) is 0 Å². The van der Waals surface area contributed by atoms with Crippen LogP contribution < -0.4 is 5.73 Å². The van der Waals surface area contributed by atoms with Gasteiger partial charge in [-0.2, -0.15) is 0 Å². The highest BCUT2D eigenvalue weighted by molar-refractivity contribution is 6.25. The number of methoxy groups -OCH3 is 1. The predicted octanol–water partition coefficient (Wildman–Crippen LogP) is 0.419. The van der Waals surface area contributed by atoms with Crippen LogP contribution in [0.5, 0.6) is 0 Å². The van der Waals surface area contributed by atoms with E-state index in [-0.39, 0.29) is 42.1 Å². The molecule has 0 aromatic heterocycles. The van der Waals surface area contributed by atoms with Gasteiger partial charge in [-0.05, 0) is 25.0 Å². The summed E-state index contributed by atoms with van der Waals surface area (Å²) < 4.78 is 4.94. The highest BCUT2D eigenvalue weighted by atomic mass is 16.5. The summed E-state index contributed by atoms with van der Waals surface area (Å²) in [7, 11) is 1.53. The average Bonchev–Trinajstić information content (AvgIpc) is 2.84. The van der Waals surface area contributed by atoms with Crippen LogP contribution in [0.4, 0.5) is 5.69 Å². The van der Waals surface area contributed by atoms with E-state index in [9.17, 15) is 19.2 Å².